The number of benzene rings is 2. The third kappa shape index (κ3) is 4.01. The molecule has 3 nitrogen and oxygen atoms in total. The van der Waals surface area contributed by atoms with Crippen molar-refractivity contribution in [3.63, 3.8) is 0 Å². The van der Waals surface area contributed by atoms with Gasteiger partial charge in [0.05, 0.1) is 0 Å². The Labute approximate surface area is 170 Å². The van der Waals surface area contributed by atoms with E-state index in [9.17, 15) is 4.79 Å². The van der Waals surface area contributed by atoms with Crippen molar-refractivity contribution >= 4 is 29.1 Å². The van der Waals surface area contributed by atoms with Crippen LogP contribution in [0, 0.1) is 5.92 Å². The van der Waals surface area contributed by atoms with E-state index in [0.29, 0.717) is 22.5 Å². The van der Waals surface area contributed by atoms with Crippen molar-refractivity contribution in [3.8, 4) is 11.1 Å². The molecule has 5 heteroatoms. The molecule has 2 saturated heterocycles. The molecule has 0 aromatic heterocycles. The Balaban J connectivity index is 1.50. The number of ether oxygens (including phenoxy) is 1. The molecule has 4 rings (SSSR count). The summed E-state index contributed by atoms with van der Waals surface area (Å²) >= 11 is 13.1. The van der Waals surface area contributed by atoms with Gasteiger partial charge >= 0.3 is 0 Å². The van der Waals surface area contributed by atoms with Crippen LogP contribution in [0.25, 0.3) is 11.1 Å². The van der Waals surface area contributed by atoms with E-state index in [1.165, 1.54) is 0 Å². The smallest absolute Gasteiger partial charge is 0.226 e. The van der Waals surface area contributed by atoms with Crippen LogP contribution in [0.5, 0.6) is 0 Å². The number of likely N-dealkylation sites (tertiary alicyclic amines) is 1. The second kappa shape index (κ2) is 8.22. The molecule has 2 aromatic carbocycles. The lowest BCUT2D eigenvalue weighted by Crippen LogP contribution is -2.41. The van der Waals surface area contributed by atoms with Crippen LogP contribution in [0.3, 0.4) is 0 Å². The first-order valence-corrected chi connectivity index (χ1v) is 10.3. The maximum absolute atomic E-state index is 12.9. The van der Waals surface area contributed by atoms with Gasteiger partial charge in [-0.15, -0.1) is 0 Å². The summed E-state index contributed by atoms with van der Waals surface area (Å²) in [4.78, 5) is 15.0. The van der Waals surface area contributed by atoms with Crippen LogP contribution < -0.4 is 0 Å². The van der Waals surface area contributed by atoms with Gasteiger partial charge < -0.3 is 9.64 Å². The lowest BCUT2D eigenvalue weighted by atomic mass is 9.95. The molecule has 0 aliphatic carbocycles. The van der Waals surface area contributed by atoms with Crippen molar-refractivity contribution < 1.29 is 9.53 Å². The molecule has 0 spiro atoms. The average Bonchev–Trinajstić information content (AvgIpc) is 3.06. The van der Waals surface area contributed by atoms with Gasteiger partial charge in [0.2, 0.25) is 5.91 Å². The number of amides is 1. The van der Waals surface area contributed by atoms with E-state index in [0.717, 1.165) is 55.7 Å². The number of halogens is 2. The number of carbonyl (C=O) groups excluding carboxylic acids is 1. The molecule has 0 N–H and O–H groups in total. The molecule has 2 aliphatic rings. The van der Waals surface area contributed by atoms with Gasteiger partial charge in [-0.3, -0.25) is 4.79 Å². The maximum Gasteiger partial charge on any atom is 0.226 e. The van der Waals surface area contributed by atoms with Gasteiger partial charge in [-0.1, -0.05) is 53.5 Å². The highest BCUT2D eigenvalue weighted by Crippen LogP contribution is 2.36. The summed E-state index contributed by atoms with van der Waals surface area (Å²) < 4.78 is 5.42. The van der Waals surface area contributed by atoms with Gasteiger partial charge in [0.25, 0.3) is 0 Å². The van der Waals surface area contributed by atoms with Crippen molar-refractivity contribution in [1.29, 1.82) is 0 Å². The Bertz CT molecular complexity index is 795. The maximum atomic E-state index is 12.9. The topological polar surface area (TPSA) is 29.5 Å². The number of hydrogen-bond acceptors (Lipinski definition) is 2. The van der Waals surface area contributed by atoms with Crippen molar-refractivity contribution in [3.05, 3.63) is 58.1 Å². The van der Waals surface area contributed by atoms with Gasteiger partial charge in [-0.25, -0.2) is 0 Å². The normalized spacial score (nSPS) is 21.0. The van der Waals surface area contributed by atoms with Crippen LogP contribution in [0.1, 0.15) is 24.8 Å². The van der Waals surface area contributed by atoms with Crippen LogP contribution in [0.4, 0.5) is 0 Å². The van der Waals surface area contributed by atoms with Gasteiger partial charge in [-0.05, 0) is 54.5 Å². The number of hydrogen-bond donors (Lipinski definition) is 0. The SMILES string of the molecule is O=C1[C@H](Cc2c(Cl)cc(-c3ccccc3)cc2Cl)CCN1C1CCOCC1. The van der Waals surface area contributed by atoms with Gasteiger partial charge in [0.15, 0.2) is 0 Å². The second-order valence-corrected chi connectivity index (χ2v) is 8.16. The highest BCUT2D eigenvalue weighted by atomic mass is 35.5. The zero-order valence-electron chi connectivity index (χ0n) is 15.2. The predicted molar refractivity (Wildman–Crippen MR) is 109 cm³/mol. The van der Waals surface area contributed by atoms with Crippen LogP contribution in [0.2, 0.25) is 10.0 Å². The van der Waals surface area contributed by atoms with Gasteiger partial charge in [0, 0.05) is 41.8 Å². The molecular weight excluding hydrogens is 381 g/mol. The van der Waals surface area contributed by atoms with Crippen LogP contribution >= 0.6 is 23.2 Å². The Hall–Kier alpha value is -1.55. The molecule has 1 amide bonds. The van der Waals surface area contributed by atoms with E-state index >= 15 is 0 Å². The fraction of sp³-hybridized carbons (Fsp3) is 0.409. The standard InChI is InChI=1S/C22H23Cl2NO2/c23-20-13-17(15-4-2-1-3-5-15)14-21(24)19(20)12-16-6-9-25(22(16)26)18-7-10-27-11-8-18/h1-5,13-14,16,18H,6-12H2/t16-/m0/s1. The van der Waals surface area contributed by atoms with Crippen molar-refractivity contribution in [2.24, 2.45) is 5.92 Å². The first kappa shape index (κ1) is 18.8. The first-order valence-electron chi connectivity index (χ1n) is 9.55. The van der Waals surface area contributed by atoms with Crippen molar-refractivity contribution in [1.82, 2.24) is 4.90 Å². The molecule has 2 aliphatic heterocycles. The summed E-state index contributed by atoms with van der Waals surface area (Å²) in [6, 6.07) is 14.3. The lowest BCUT2D eigenvalue weighted by Gasteiger charge is -2.31. The molecular formula is C22H23Cl2NO2. The fourth-order valence-corrected chi connectivity index (χ4v) is 4.79. The van der Waals surface area contributed by atoms with Crippen molar-refractivity contribution in [2.45, 2.75) is 31.7 Å². The van der Waals surface area contributed by atoms with E-state index < -0.39 is 0 Å². The van der Waals surface area contributed by atoms with E-state index in [2.05, 4.69) is 0 Å². The van der Waals surface area contributed by atoms with Crippen LogP contribution in [0.15, 0.2) is 42.5 Å². The van der Waals surface area contributed by atoms with Crippen LogP contribution in [-0.2, 0) is 16.0 Å². The number of carbonyl (C=O) groups is 1. The summed E-state index contributed by atoms with van der Waals surface area (Å²) in [6.45, 7) is 2.32. The van der Waals surface area contributed by atoms with Gasteiger partial charge in [-0.2, -0.15) is 0 Å². The summed E-state index contributed by atoms with van der Waals surface area (Å²) in [5.74, 6) is 0.201. The zero-order valence-corrected chi connectivity index (χ0v) is 16.7. The van der Waals surface area contributed by atoms with E-state index in [1.807, 2.05) is 47.4 Å². The minimum atomic E-state index is -0.0366. The predicted octanol–water partition coefficient (Wildman–Crippen LogP) is 5.23. The molecule has 2 aromatic rings. The monoisotopic (exact) mass is 403 g/mol. The Kier molecular flexibility index (Phi) is 5.72. The minimum Gasteiger partial charge on any atom is -0.381 e. The molecule has 2 fully saturated rings. The van der Waals surface area contributed by atoms with E-state index in [-0.39, 0.29) is 11.8 Å². The van der Waals surface area contributed by atoms with E-state index in [4.69, 9.17) is 27.9 Å². The second-order valence-electron chi connectivity index (χ2n) is 7.35. The molecule has 0 saturated carbocycles. The molecule has 0 unspecified atom stereocenters. The minimum absolute atomic E-state index is 0.0366. The molecule has 2 heterocycles. The molecule has 0 radical (unpaired) electrons. The largest absolute Gasteiger partial charge is 0.381 e. The van der Waals surface area contributed by atoms with Crippen LogP contribution in [-0.4, -0.2) is 36.6 Å². The Morgan fingerprint density at radius 2 is 1.63 bits per heavy atom. The van der Waals surface area contributed by atoms with Crippen molar-refractivity contribution in [2.75, 3.05) is 19.8 Å². The summed E-state index contributed by atoms with van der Waals surface area (Å²) in [5.41, 5.74) is 2.96. The third-order valence-electron chi connectivity index (χ3n) is 5.68. The summed E-state index contributed by atoms with van der Waals surface area (Å²) in [6.07, 6.45) is 3.34. The summed E-state index contributed by atoms with van der Waals surface area (Å²) in [7, 11) is 0. The highest BCUT2D eigenvalue weighted by molar-refractivity contribution is 6.36. The molecule has 0 bridgehead atoms. The highest BCUT2D eigenvalue weighted by Gasteiger charge is 2.36. The summed E-state index contributed by atoms with van der Waals surface area (Å²) in [5, 5.41) is 1.28. The van der Waals surface area contributed by atoms with Gasteiger partial charge in [0.1, 0.15) is 0 Å². The average molecular weight is 404 g/mol. The molecule has 1 atom stereocenters. The fourth-order valence-electron chi connectivity index (χ4n) is 4.15. The van der Waals surface area contributed by atoms with E-state index in [1.54, 1.807) is 0 Å². The number of nitrogens with zero attached hydrogens (tertiary/aromatic N) is 1. The Morgan fingerprint density at radius 1 is 0.963 bits per heavy atom. The molecule has 27 heavy (non-hydrogen) atoms. The number of rotatable bonds is 4. The first-order chi connectivity index (χ1) is 13.1. The third-order valence-corrected chi connectivity index (χ3v) is 6.36. The zero-order chi connectivity index (χ0) is 18.8. The lowest BCUT2D eigenvalue weighted by molar-refractivity contribution is -0.134. The molecule has 142 valence electrons. The Morgan fingerprint density at radius 3 is 2.30 bits per heavy atom. The quantitative estimate of drug-likeness (QED) is 0.699.